The molecule has 2 aliphatic rings. The topological polar surface area (TPSA) is 0 Å². The van der Waals surface area contributed by atoms with Gasteiger partial charge in [-0.25, -0.2) is 0 Å². The van der Waals surface area contributed by atoms with Crippen LogP contribution in [0.5, 0.6) is 0 Å². The molecule has 0 spiro atoms. The van der Waals surface area contributed by atoms with Crippen molar-refractivity contribution < 1.29 is 26.2 Å². The van der Waals surface area contributed by atoms with Crippen molar-refractivity contribution in [2.45, 2.75) is 12.8 Å². The van der Waals surface area contributed by atoms with E-state index >= 15 is 0 Å². The van der Waals surface area contributed by atoms with Crippen LogP contribution in [0.3, 0.4) is 0 Å². The van der Waals surface area contributed by atoms with Crippen LogP contribution in [0.15, 0.2) is 85.0 Å². The Labute approximate surface area is 169 Å². The normalized spacial score (nSPS) is 13.0. The van der Waals surface area contributed by atoms with Gasteiger partial charge >= 0.3 is 26.2 Å². The van der Waals surface area contributed by atoms with Crippen molar-refractivity contribution in [2.24, 2.45) is 0 Å². The van der Waals surface area contributed by atoms with Crippen LogP contribution >= 0.6 is 0 Å². The largest absolute Gasteiger partial charge is 2.00 e. The van der Waals surface area contributed by atoms with Gasteiger partial charge in [0.1, 0.15) is 0 Å². The van der Waals surface area contributed by atoms with E-state index in [1.807, 2.05) is 24.3 Å². The number of allylic oxidation sites excluding steroid dienone is 4. The van der Waals surface area contributed by atoms with Crippen LogP contribution in [0.1, 0.15) is 23.1 Å². The predicted octanol–water partition coefficient (Wildman–Crippen LogP) is 5.89. The second kappa shape index (κ2) is 8.41. The molecule has 0 atom stereocenters. The van der Waals surface area contributed by atoms with Crippen molar-refractivity contribution in [3.63, 3.8) is 0 Å². The number of benzene rings is 3. The molecule has 0 nitrogen and oxygen atoms in total. The first-order valence-corrected chi connectivity index (χ1v) is 8.32. The molecule has 3 aromatic carbocycles. The van der Waals surface area contributed by atoms with Gasteiger partial charge < -0.3 is 0 Å². The van der Waals surface area contributed by atoms with E-state index in [4.69, 9.17) is 0 Å². The first kappa shape index (κ1) is 17.8. The standard InChI is InChI=1S/C13H9.C11H9.Zr/c1-3-7-12-10(5-1)9-11-6-2-4-8-13(11)12;1-2-6-10(7-3-1)11-8-4-5-9-11;/h1-5,7-8H,9H2;1-6,8H,9H2;/q2*-1;+2. The molecule has 0 amide bonds. The van der Waals surface area contributed by atoms with E-state index in [9.17, 15) is 0 Å². The van der Waals surface area contributed by atoms with Gasteiger partial charge in [-0.2, -0.15) is 29.8 Å². The van der Waals surface area contributed by atoms with Crippen LogP contribution in [0.2, 0.25) is 0 Å². The minimum atomic E-state index is 0. The van der Waals surface area contributed by atoms with E-state index in [1.165, 1.54) is 33.4 Å². The SMILES string of the molecule is [Zr+2].[c-]1cccc2c1Cc1ccccc1-2.[c-]1ccccc1C1=CC=CC1. The van der Waals surface area contributed by atoms with Gasteiger partial charge in [-0.15, -0.1) is 53.1 Å². The third-order valence-electron chi connectivity index (χ3n) is 4.44. The summed E-state index contributed by atoms with van der Waals surface area (Å²) in [5.41, 5.74) is 8.10. The first-order chi connectivity index (χ1) is 11.9. The second-order valence-electron chi connectivity index (χ2n) is 6.00. The van der Waals surface area contributed by atoms with Gasteiger partial charge in [0.2, 0.25) is 0 Å². The van der Waals surface area contributed by atoms with Gasteiger partial charge in [0.25, 0.3) is 0 Å². The summed E-state index contributed by atoms with van der Waals surface area (Å²) in [6.07, 6.45) is 8.50. The van der Waals surface area contributed by atoms with Gasteiger partial charge in [-0.1, -0.05) is 47.5 Å². The maximum absolute atomic E-state index is 3.30. The zero-order valence-corrected chi connectivity index (χ0v) is 16.5. The molecule has 118 valence electrons. The summed E-state index contributed by atoms with van der Waals surface area (Å²) in [6, 6.07) is 29.4. The predicted molar refractivity (Wildman–Crippen MR) is 101 cm³/mol. The Kier molecular flexibility index (Phi) is 6.00. The summed E-state index contributed by atoms with van der Waals surface area (Å²) in [5.74, 6) is 0. The smallest absolute Gasteiger partial charge is 0.179 e. The molecule has 0 saturated heterocycles. The number of hydrogen-bond donors (Lipinski definition) is 0. The molecule has 0 radical (unpaired) electrons. The molecule has 1 heteroatoms. The van der Waals surface area contributed by atoms with Crippen LogP contribution in [-0.2, 0) is 32.6 Å². The summed E-state index contributed by atoms with van der Waals surface area (Å²) in [6.45, 7) is 0. The number of hydrogen-bond acceptors (Lipinski definition) is 0. The van der Waals surface area contributed by atoms with Crippen molar-refractivity contribution in [3.05, 3.63) is 114 Å². The monoisotopic (exact) mass is 396 g/mol. The quantitative estimate of drug-likeness (QED) is 0.352. The fourth-order valence-electron chi connectivity index (χ4n) is 3.24. The zero-order valence-electron chi connectivity index (χ0n) is 14.0. The third-order valence-corrected chi connectivity index (χ3v) is 4.44. The van der Waals surface area contributed by atoms with Crippen LogP contribution in [-0.4, -0.2) is 0 Å². The maximum Gasteiger partial charge on any atom is 2.00 e. The average molecular weight is 398 g/mol. The summed E-state index contributed by atoms with van der Waals surface area (Å²) in [7, 11) is 0. The molecule has 0 bridgehead atoms. The number of rotatable bonds is 1. The van der Waals surface area contributed by atoms with Crippen molar-refractivity contribution in [1.29, 1.82) is 0 Å². The molecule has 0 heterocycles. The Bertz CT molecular complexity index is 861. The van der Waals surface area contributed by atoms with Gasteiger partial charge in [-0.05, 0) is 12.8 Å². The molecule has 2 aliphatic carbocycles. The fraction of sp³-hybridized carbons (Fsp3) is 0.0833. The third kappa shape index (κ3) is 3.99. The molecular formula is C24H18Zr. The second-order valence-corrected chi connectivity index (χ2v) is 6.00. The van der Waals surface area contributed by atoms with Crippen molar-refractivity contribution >= 4 is 5.57 Å². The van der Waals surface area contributed by atoms with E-state index in [-0.39, 0.29) is 26.2 Å². The molecule has 0 fully saturated rings. The van der Waals surface area contributed by atoms with Crippen LogP contribution in [0.4, 0.5) is 0 Å². The average Bonchev–Trinajstić information content (AvgIpc) is 3.31. The Balaban J connectivity index is 0.000000142. The van der Waals surface area contributed by atoms with E-state index in [1.54, 1.807) is 0 Å². The number of fused-ring (bicyclic) bond motifs is 3. The summed E-state index contributed by atoms with van der Waals surface area (Å²) in [5, 5.41) is 0. The summed E-state index contributed by atoms with van der Waals surface area (Å²) < 4.78 is 0. The minimum Gasteiger partial charge on any atom is -0.179 e. The molecule has 3 aromatic rings. The molecule has 25 heavy (non-hydrogen) atoms. The summed E-state index contributed by atoms with van der Waals surface area (Å²) >= 11 is 0. The van der Waals surface area contributed by atoms with Gasteiger partial charge in [0, 0.05) is 0 Å². The molecule has 0 unspecified atom stereocenters. The van der Waals surface area contributed by atoms with Gasteiger partial charge in [0.15, 0.2) is 0 Å². The zero-order chi connectivity index (χ0) is 16.2. The van der Waals surface area contributed by atoms with E-state index in [0.29, 0.717) is 0 Å². The van der Waals surface area contributed by atoms with Crippen LogP contribution in [0, 0.1) is 12.1 Å². The van der Waals surface area contributed by atoms with E-state index in [0.717, 1.165) is 12.8 Å². The Morgan fingerprint density at radius 1 is 0.760 bits per heavy atom. The maximum atomic E-state index is 3.30. The Hall–Kier alpha value is -1.98. The fourth-order valence-corrected chi connectivity index (χ4v) is 3.24. The molecule has 0 aromatic heterocycles. The van der Waals surface area contributed by atoms with E-state index in [2.05, 4.69) is 72.8 Å². The molecule has 0 N–H and O–H groups in total. The Morgan fingerprint density at radius 3 is 2.36 bits per heavy atom. The summed E-state index contributed by atoms with van der Waals surface area (Å²) in [4.78, 5) is 0. The first-order valence-electron chi connectivity index (χ1n) is 8.32. The molecular weight excluding hydrogens is 379 g/mol. The molecule has 0 saturated carbocycles. The molecule has 0 aliphatic heterocycles. The van der Waals surface area contributed by atoms with E-state index < -0.39 is 0 Å². The van der Waals surface area contributed by atoms with Gasteiger partial charge in [0.05, 0.1) is 0 Å². The van der Waals surface area contributed by atoms with Gasteiger partial charge in [-0.3, -0.25) is 0 Å². The minimum absolute atomic E-state index is 0. The van der Waals surface area contributed by atoms with Crippen LogP contribution in [0.25, 0.3) is 16.7 Å². The molecule has 5 rings (SSSR count). The van der Waals surface area contributed by atoms with Crippen LogP contribution < -0.4 is 0 Å². The van der Waals surface area contributed by atoms with Crippen molar-refractivity contribution in [1.82, 2.24) is 0 Å². The van der Waals surface area contributed by atoms with Crippen molar-refractivity contribution in [2.75, 3.05) is 0 Å². The van der Waals surface area contributed by atoms with Crippen molar-refractivity contribution in [3.8, 4) is 11.1 Å². The Morgan fingerprint density at radius 2 is 1.56 bits per heavy atom.